The summed E-state index contributed by atoms with van der Waals surface area (Å²) in [5.41, 5.74) is 2.56. The summed E-state index contributed by atoms with van der Waals surface area (Å²) in [5.74, 6) is 2.25. The zero-order valence-electron chi connectivity index (χ0n) is 19.6. The van der Waals surface area contributed by atoms with Crippen LogP contribution in [0.1, 0.15) is 84.4 Å². The molecular formula is C24H35BrN2O3. The van der Waals surface area contributed by atoms with E-state index in [-0.39, 0.29) is 11.5 Å². The Morgan fingerprint density at radius 3 is 2.30 bits per heavy atom. The minimum Gasteiger partial charge on any atom is -0.461 e. The second-order valence-corrected chi connectivity index (χ2v) is 10.8. The third-order valence-electron chi connectivity index (χ3n) is 5.21. The van der Waals surface area contributed by atoms with Gasteiger partial charge in [-0.3, -0.25) is 0 Å². The largest absolute Gasteiger partial charge is 0.461 e. The van der Waals surface area contributed by atoms with E-state index in [0.29, 0.717) is 11.4 Å². The minimum atomic E-state index is -0.895. The zero-order chi connectivity index (χ0) is 22.9. The molecule has 166 valence electrons. The van der Waals surface area contributed by atoms with Crippen molar-refractivity contribution < 1.29 is 14.3 Å². The minimum absolute atomic E-state index is 0.246. The van der Waals surface area contributed by atoms with Crippen LogP contribution in [0, 0.1) is 24.7 Å². The van der Waals surface area contributed by atoms with Crippen molar-refractivity contribution in [1.29, 1.82) is 0 Å². The molecule has 0 amide bonds. The molecule has 30 heavy (non-hydrogen) atoms. The average Bonchev–Trinajstić information content (AvgIpc) is 2.60. The quantitative estimate of drug-likeness (QED) is 0.408. The Balaban J connectivity index is 2.66. The molecule has 2 heterocycles. The van der Waals surface area contributed by atoms with Gasteiger partial charge in [-0.2, -0.15) is 0 Å². The van der Waals surface area contributed by atoms with Gasteiger partial charge in [0, 0.05) is 24.3 Å². The van der Waals surface area contributed by atoms with Crippen LogP contribution >= 0.6 is 15.9 Å². The highest BCUT2D eigenvalue weighted by molar-refractivity contribution is 9.10. The van der Waals surface area contributed by atoms with Crippen LogP contribution in [0.3, 0.4) is 0 Å². The number of anilines is 1. The number of nitrogens with zero attached hydrogens (tertiary/aromatic N) is 2. The molecule has 0 radical (unpaired) electrons. The van der Waals surface area contributed by atoms with E-state index in [9.17, 15) is 4.79 Å². The summed E-state index contributed by atoms with van der Waals surface area (Å²) in [4.78, 5) is 20.0. The summed E-state index contributed by atoms with van der Waals surface area (Å²) in [6, 6.07) is 0. The number of ether oxygens (including phenoxy) is 2. The molecule has 0 spiro atoms. The van der Waals surface area contributed by atoms with Gasteiger partial charge in [0.25, 0.3) is 0 Å². The van der Waals surface area contributed by atoms with Crippen molar-refractivity contribution in [3.05, 3.63) is 21.4 Å². The lowest BCUT2D eigenvalue weighted by Crippen LogP contribution is -2.39. The van der Waals surface area contributed by atoms with Crippen LogP contribution in [0.4, 0.5) is 5.69 Å². The number of aromatic nitrogens is 1. The first-order chi connectivity index (χ1) is 13.8. The van der Waals surface area contributed by atoms with Crippen LogP contribution in [0.25, 0.3) is 0 Å². The number of carbonyl (C=O) groups excluding carboxylic acids is 1. The smallest absolute Gasteiger partial charge is 0.340 e. The number of halogens is 1. The highest BCUT2D eigenvalue weighted by Crippen LogP contribution is 2.43. The van der Waals surface area contributed by atoms with E-state index in [1.807, 2.05) is 41.5 Å². The maximum atomic E-state index is 13.1. The van der Waals surface area contributed by atoms with Gasteiger partial charge in [-0.05, 0) is 81.6 Å². The molecule has 1 fully saturated rings. The molecule has 5 nitrogen and oxygen atoms in total. The Morgan fingerprint density at radius 2 is 1.83 bits per heavy atom. The van der Waals surface area contributed by atoms with Crippen LogP contribution < -0.4 is 4.90 Å². The molecule has 0 aromatic carbocycles. The number of hydrogen-bond donors (Lipinski definition) is 0. The number of piperidine rings is 1. The van der Waals surface area contributed by atoms with Crippen molar-refractivity contribution in [3.63, 3.8) is 0 Å². The zero-order valence-corrected chi connectivity index (χ0v) is 21.1. The van der Waals surface area contributed by atoms with E-state index in [2.05, 4.69) is 45.6 Å². The molecule has 0 N–H and O–H groups in total. The first kappa shape index (κ1) is 24.7. The number of aryl methyl sites for hydroxylation is 1. The summed E-state index contributed by atoms with van der Waals surface area (Å²) < 4.78 is 12.6. The molecule has 1 aromatic rings. The Hall–Kier alpha value is -1.58. The lowest BCUT2D eigenvalue weighted by molar-refractivity contribution is -0.171. The fourth-order valence-electron chi connectivity index (χ4n) is 3.61. The molecule has 1 aliphatic heterocycles. The number of rotatable bonds is 5. The first-order valence-electron chi connectivity index (χ1n) is 10.6. The maximum Gasteiger partial charge on any atom is 0.340 e. The second-order valence-electron chi connectivity index (χ2n) is 10.0. The molecule has 1 atom stereocenters. The summed E-state index contributed by atoms with van der Waals surface area (Å²) in [6.07, 6.45) is 6.69. The number of terminal acetylenes is 1. The summed E-state index contributed by atoms with van der Waals surface area (Å²) in [5, 5.41) is 0. The van der Waals surface area contributed by atoms with E-state index in [4.69, 9.17) is 15.9 Å². The topological polar surface area (TPSA) is 51.7 Å². The van der Waals surface area contributed by atoms with Gasteiger partial charge in [-0.25, -0.2) is 9.78 Å². The molecule has 1 saturated heterocycles. The van der Waals surface area contributed by atoms with Gasteiger partial charge in [0.2, 0.25) is 0 Å². The SMILES string of the molecule is C#Cc1nc(C)c(C(OC(C)(C)C)C(=O)OC(C)C)c(N2CCC(C)(C)CC2)c1Br. The third-order valence-corrected chi connectivity index (χ3v) is 5.96. The lowest BCUT2D eigenvalue weighted by atomic mass is 9.82. The van der Waals surface area contributed by atoms with Crippen molar-refractivity contribution in [3.8, 4) is 12.3 Å². The third kappa shape index (κ3) is 5.98. The van der Waals surface area contributed by atoms with Gasteiger partial charge >= 0.3 is 5.97 Å². The Bertz CT molecular complexity index is 824. The molecule has 0 aliphatic carbocycles. The Labute approximate surface area is 190 Å². The van der Waals surface area contributed by atoms with Crippen molar-refractivity contribution in [1.82, 2.24) is 4.98 Å². The number of hydrogen-bond acceptors (Lipinski definition) is 5. The van der Waals surface area contributed by atoms with Gasteiger partial charge in [0.15, 0.2) is 6.10 Å². The second kappa shape index (κ2) is 9.28. The highest BCUT2D eigenvalue weighted by atomic mass is 79.9. The van der Waals surface area contributed by atoms with E-state index in [1.54, 1.807) is 0 Å². The lowest BCUT2D eigenvalue weighted by Gasteiger charge is -2.40. The summed E-state index contributed by atoms with van der Waals surface area (Å²) in [7, 11) is 0. The van der Waals surface area contributed by atoms with Gasteiger partial charge in [-0.1, -0.05) is 13.8 Å². The predicted octanol–water partition coefficient (Wildman–Crippen LogP) is 5.57. The van der Waals surface area contributed by atoms with Gasteiger partial charge in [-0.15, -0.1) is 6.42 Å². The molecule has 0 bridgehead atoms. The molecule has 0 saturated carbocycles. The number of pyridine rings is 1. The van der Waals surface area contributed by atoms with Crippen molar-refractivity contribution in [2.24, 2.45) is 5.41 Å². The van der Waals surface area contributed by atoms with Crippen LogP contribution in [0.5, 0.6) is 0 Å². The molecule has 1 unspecified atom stereocenters. The van der Waals surface area contributed by atoms with Gasteiger partial charge < -0.3 is 14.4 Å². The van der Waals surface area contributed by atoms with E-state index >= 15 is 0 Å². The predicted molar refractivity (Wildman–Crippen MR) is 125 cm³/mol. The Morgan fingerprint density at radius 1 is 1.27 bits per heavy atom. The van der Waals surface area contributed by atoms with E-state index in [1.165, 1.54) is 0 Å². The van der Waals surface area contributed by atoms with Crippen molar-refractivity contribution >= 4 is 27.6 Å². The van der Waals surface area contributed by atoms with Crippen molar-refractivity contribution in [2.75, 3.05) is 18.0 Å². The normalized spacial score (nSPS) is 17.6. The van der Waals surface area contributed by atoms with E-state index in [0.717, 1.165) is 41.7 Å². The Kier molecular flexibility index (Phi) is 7.63. The molecule has 6 heteroatoms. The van der Waals surface area contributed by atoms with Crippen LogP contribution in [0.2, 0.25) is 0 Å². The first-order valence-corrected chi connectivity index (χ1v) is 11.3. The summed E-state index contributed by atoms with van der Waals surface area (Å²) >= 11 is 3.68. The molecule has 1 aliphatic rings. The standard InChI is InChI=1S/C24H35BrN2O3/c1-10-17-19(25)20(27-13-11-24(8,9)12-14-27)18(16(4)26-17)21(30-23(5,6)7)22(28)29-15(2)3/h1,15,21H,11-14H2,2-9H3. The fraction of sp³-hybridized carbons (Fsp3) is 0.667. The van der Waals surface area contributed by atoms with Crippen LogP contribution in [-0.4, -0.2) is 35.7 Å². The maximum absolute atomic E-state index is 13.1. The van der Waals surface area contributed by atoms with E-state index < -0.39 is 17.7 Å². The van der Waals surface area contributed by atoms with Crippen LogP contribution in [0.15, 0.2) is 4.47 Å². The van der Waals surface area contributed by atoms with Gasteiger partial charge in [0.05, 0.1) is 21.9 Å². The monoisotopic (exact) mass is 478 g/mol. The molecule has 1 aromatic heterocycles. The molecule has 2 rings (SSSR count). The van der Waals surface area contributed by atoms with Gasteiger partial charge in [0.1, 0.15) is 5.69 Å². The van der Waals surface area contributed by atoms with Crippen molar-refractivity contribution in [2.45, 2.75) is 86.0 Å². The number of carbonyl (C=O) groups is 1. The molecular weight excluding hydrogens is 444 g/mol. The fourth-order valence-corrected chi connectivity index (χ4v) is 4.27. The number of esters is 1. The average molecular weight is 479 g/mol. The summed E-state index contributed by atoms with van der Waals surface area (Å²) in [6.45, 7) is 17.7. The van der Waals surface area contributed by atoms with Crippen LogP contribution in [-0.2, 0) is 14.3 Å². The highest BCUT2D eigenvalue weighted by Gasteiger charge is 2.37.